The van der Waals surface area contributed by atoms with Crippen molar-refractivity contribution in [2.75, 3.05) is 0 Å². The number of nitrogens with zero attached hydrogens (tertiary/aromatic N) is 2. The highest BCUT2D eigenvalue weighted by molar-refractivity contribution is 7.17. The van der Waals surface area contributed by atoms with Crippen molar-refractivity contribution in [3.05, 3.63) is 58.9 Å². The van der Waals surface area contributed by atoms with Gasteiger partial charge in [-0.1, -0.05) is 30.3 Å². The molecule has 3 rings (SSSR count). The number of fused-ring (bicyclic) bond motifs is 1. The highest BCUT2D eigenvalue weighted by Crippen LogP contribution is 2.26. The molecule has 0 radical (unpaired) electrons. The largest absolute Gasteiger partial charge is 0.478 e. The zero-order valence-electron chi connectivity index (χ0n) is 11.2. The number of carbonyl (C=O) groups is 2. The van der Waals surface area contributed by atoms with Crippen LogP contribution in [0.25, 0.3) is 10.2 Å². The Hall–Kier alpha value is -2.80. The summed E-state index contributed by atoms with van der Waals surface area (Å²) in [7, 11) is 0. The van der Waals surface area contributed by atoms with E-state index < -0.39 is 11.9 Å². The van der Waals surface area contributed by atoms with E-state index in [4.69, 9.17) is 9.84 Å². The van der Waals surface area contributed by atoms with Crippen LogP contribution in [-0.2, 0) is 11.3 Å². The molecule has 0 aliphatic heterocycles. The van der Waals surface area contributed by atoms with Gasteiger partial charge in [0.1, 0.15) is 12.9 Å². The molecule has 3 aromatic rings. The fourth-order valence-electron chi connectivity index (χ4n) is 1.94. The number of carboxylic acids is 1. The second-order valence-electron chi connectivity index (χ2n) is 4.42. The lowest BCUT2D eigenvalue weighted by Gasteiger charge is -2.04. The van der Waals surface area contributed by atoms with Gasteiger partial charge < -0.3 is 9.84 Å². The minimum atomic E-state index is -1.09. The monoisotopic (exact) mass is 314 g/mol. The number of hydrogen-bond acceptors (Lipinski definition) is 6. The SMILES string of the molecule is O=C(O)c1csc2c(C(=O)OCc3ccccc3)ncnc12. The Balaban J connectivity index is 1.86. The van der Waals surface area contributed by atoms with Gasteiger partial charge in [0.25, 0.3) is 0 Å². The third-order valence-corrected chi connectivity index (χ3v) is 3.97. The quantitative estimate of drug-likeness (QED) is 0.745. The number of hydrogen-bond donors (Lipinski definition) is 1. The van der Waals surface area contributed by atoms with Crippen molar-refractivity contribution in [2.45, 2.75) is 6.61 Å². The molecule has 0 unspecified atom stereocenters. The predicted octanol–water partition coefficient (Wildman–Crippen LogP) is 2.75. The summed E-state index contributed by atoms with van der Waals surface area (Å²) in [6, 6.07) is 9.26. The lowest BCUT2D eigenvalue weighted by Crippen LogP contribution is -2.08. The molecule has 0 amide bonds. The van der Waals surface area contributed by atoms with Crippen molar-refractivity contribution in [3.8, 4) is 0 Å². The Morgan fingerprint density at radius 2 is 1.95 bits per heavy atom. The predicted molar refractivity (Wildman–Crippen MR) is 79.9 cm³/mol. The Morgan fingerprint density at radius 1 is 1.18 bits per heavy atom. The maximum atomic E-state index is 12.2. The van der Waals surface area contributed by atoms with Crippen molar-refractivity contribution in [1.82, 2.24) is 9.97 Å². The van der Waals surface area contributed by atoms with E-state index in [9.17, 15) is 9.59 Å². The van der Waals surface area contributed by atoms with Gasteiger partial charge in [-0.25, -0.2) is 19.6 Å². The molecule has 0 bridgehead atoms. The van der Waals surface area contributed by atoms with Crippen molar-refractivity contribution in [3.63, 3.8) is 0 Å². The number of aromatic carboxylic acids is 1. The molecule has 0 saturated heterocycles. The Morgan fingerprint density at radius 3 is 2.68 bits per heavy atom. The Labute approximate surface area is 129 Å². The summed E-state index contributed by atoms with van der Waals surface area (Å²) in [6.07, 6.45) is 1.17. The summed E-state index contributed by atoms with van der Waals surface area (Å²) in [4.78, 5) is 31.1. The maximum Gasteiger partial charge on any atom is 0.358 e. The van der Waals surface area contributed by atoms with E-state index in [1.807, 2.05) is 30.3 Å². The van der Waals surface area contributed by atoms with E-state index in [-0.39, 0.29) is 23.4 Å². The molecule has 2 heterocycles. The maximum absolute atomic E-state index is 12.2. The average molecular weight is 314 g/mol. The highest BCUT2D eigenvalue weighted by Gasteiger charge is 2.20. The number of aromatic nitrogens is 2. The van der Waals surface area contributed by atoms with Gasteiger partial charge in [0.2, 0.25) is 0 Å². The van der Waals surface area contributed by atoms with E-state index in [0.717, 1.165) is 16.9 Å². The molecule has 0 atom stereocenters. The van der Waals surface area contributed by atoms with Crippen molar-refractivity contribution in [2.24, 2.45) is 0 Å². The minimum absolute atomic E-state index is 0.0551. The number of carbonyl (C=O) groups excluding carboxylic acids is 1. The van der Waals surface area contributed by atoms with Gasteiger partial charge in [-0.3, -0.25) is 0 Å². The topological polar surface area (TPSA) is 89.4 Å². The first-order valence-corrected chi connectivity index (χ1v) is 7.21. The van der Waals surface area contributed by atoms with Crippen LogP contribution in [0, 0.1) is 0 Å². The normalized spacial score (nSPS) is 10.5. The third kappa shape index (κ3) is 2.66. The summed E-state index contributed by atoms with van der Waals surface area (Å²) in [5.41, 5.74) is 1.25. The third-order valence-electron chi connectivity index (χ3n) is 2.99. The number of esters is 1. The van der Waals surface area contributed by atoms with Crippen LogP contribution >= 0.6 is 11.3 Å². The van der Waals surface area contributed by atoms with Crippen LogP contribution in [0.1, 0.15) is 26.4 Å². The molecule has 22 heavy (non-hydrogen) atoms. The van der Waals surface area contributed by atoms with Gasteiger partial charge >= 0.3 is 11.9 Å². The minimum Gasteiger partial charge on any atom is -0.478 e. The zero-order valence-corrected chi connectivity index (χ0v) is 12.0. The molecule has 6 nitrogen and oxygen atoms in total. The highest BCUT2D eigenvalue weighted by atomic mass is 32.1. The van der Waals surface area contributed by atoms with Crippen LogP contribution in [0.3, 0.4) is 0 Å². The number of rotatable bonds is 4. The van der Waals surface area contributed by atoms with Gasteiger partial charge in [-0.05, 0) is 5.56 Å². The van der Waals surface area contributed by atoms with E-state index in [1.165, 1.54) is 11.7 Å². The molecule has 2 aromatic heterocycles. The number of ether oxygens (including phenoxy) is 1. The first-order chi connectivity index (χ1) is 10.7. The fraction of sp³-hybridized carbons (Fsp3) is 0.0667. The van der Waals surface area contributed by atoms with Crippen LogP contribution in [-0.4, -0.2) is 27.0 Å². The molecule has 0 aliphatic rings. The molecule has 0 saturated carbocycles. The van der Waals surface area contributed by atoms with Crippen LogP contribution in [0.4, 0.5) is 0 Å². The smallest absolute Gasteiger partial charge is 0.358 e. The fourth-order valence-corrected chi connectivity index (χ4v) is 2.91. The summed E-state index contributed by atoms with van der Waals surface area (Å²) in [5, 5.41) is 10.5. The summed E-state index contributed by atoms with van der Waals surface area (Å²) in [5.74, 6) is -1.69. The second kappa shape index (κ2) is 5.90. The zero-order chi connectivity index (χ0) is 15.5. The lowest BCUT2D eigenvalue weighted by atomic mass is 10.2. The van der Waals surface area contributed by atoms with Gasteiger partial charge in [-0.2, -0.15) is 0 Å². The molecule has 0 spiro atoms. The van der Waals surface area contributed by atoms with Gasteiger partial charge in [0, 0.05) is 5.38 Å². The molecule has 0 fully saturated rings. The number of benzene rings is 1. The molecular weight excluding hydrogens is 304 g/mol. The first-order valence-electron chi connectivity index (χ1n) is 6.33. The van der Waals surface area contributed by atoms with Crippen molar-refractivity contribution in [1.29, 1.82) is 0 Å². The summed E-state index contributed by atoms with van der Waals surface area (Å²) < 4.78 is 5.64. The molecule has 110 valence electrons. The summed E-state index contributed by atoms with van der Waals surface area (Å²) in [6.45, 7) is 0.127. The van der Waals surface area contributed by atoms with Gasteiger partial charge in [0.05, 0.1) is 15.8 Å². The van der Waals surface area contributed by atoms with Crippen molar-refractivity contribution < 1.29 is 19.4 Å². The van der Waals surface area contributed by atoms with Crippen LogP contribution in [0.15, 0.2) is 42.0 Å². The number of thiophene rings is 1. The van der Waals surface area contributed by atoms with E-state index >= 15 is 0 Å². The van der Waals surface area contributed by atoms with Crippen LogP contribution in [0.5, 0.6) is 0 Å². The average Bonchev–Trinajstić information content (AvgIpc) is 2.97. The molecule has 0 aliphatic carbocycles. The second-order valence-corrected chi connectivity index (χ2v) is 5.30. The Kier molecular flexibility index (Phi) is 3.80. The molecule has 1 N–H and O–H groups in total. The van der Waals surface area contributed by atoms with Crippen LogP contribution < -0.4 is 0 Å². The summed E-state index contributed by atoms with van der Waals surface area (Å²) >= 11 is 1.11. The lowest BCUT2D eigenvalue weighted by molar-refractivity contribution is 0.0468. The van der Waals surface area contributed by atoms with E-state index in [2.05, 4.69) is 9.97 Å². The van der Waals surface area contributed by atoms with Crippen molar-refractivity contribution >= 4 is 33.5 Å². The first kappa shape index (κ1) is 14.2. The standard InChI is InChI=1S/C15H10N2O4S/c18-14(19)10-7-22-13-11(10)16-8-17-12(13)15(20)21-6-9-4-2-1-3-5-9/h1-5,7-8H,6H2,(H,18,19). The van der Waals surface area contributed by atoms with Crippen LogP contribution in [0.2, 0.25) is 0 Å². The van der Waals surface area contributed by atoms with Gasteiger partial charge in [0.15, 0.2) is 5.69 Å². The molecule has 1 aromatic carbocycles. The number of carboxylic acid groups (broad SMARTS) is 1. The van der Waals surface area contributed by atoms with E-state index in [0.29, 0.717) is 4.70 Å². The molecule has 7 heteroatoms. The Bertz CT molecular complexity index is 845. The van der Waals surface area contributed by atoms with Gasteiger partial charge in [-0.15, -0.1) is 11.3 Å². The van der Waals surface area contributed by atoms with E-state index in [1.54, 1.807) is 0 Å². The molecular formula is C15H10N2O4S.